The number of rotatable bonds is 6. The molecule has 1 aliphatic heterocycles. The second-order valence-electron chi connectivity index (χ2n) is 7.10. The van der Waals surface area contributed by atoms with Gasteiger partial charge in [-0.15, -0.1) is 0 Å². The Morgan fingerprint density at radius 1 is 1.10 bits per heavy atom. The Morgan fingerprint density at radius 3 is 2.55 bits per heavy atom. The summed E-state index contributed by atoms with van der Waals surface area (Å²) >= 11 is 5.99. The fraction of sp³-hybridized carbons (Fsp3) is 0.364. The molecule has 2 aromatic carbocycles. The van der Waals surface area contributed by atoms with Crippen LogP contribution in [0.15, 0.2) is 42.5 Å². The zero-order chi connectivity index (χ0) is 20.8. The molecule has 0 spiro atoms. The third-order valence-electron chi connectivity index (χ3n) is 4.54. The van der Waals surface area contributed by atoms with Crippen LogP contribution in [-0.4, -0.2) is 31.7 Å². The van der Waals surface area contributed by atoms with Crippen molar-refractivity contribution in [3.8, 4) is 11.5 Å². The van der Waals surface area contributed by atoms with Crippen molar-refractivity contribution in [3.05, 3.63) is 58.6 Å². The molecule has 6 nitrogen and oxygen atoms in total. The molecule has 0 saturated heterocycles. The number of hydrogen-bond donors (Lipinski definition) is 1. The van der Waals surface area contributed by atoms with Crippen LogP contribution in [0.2, 0.25) is 5.02 Å². The lowest BCUT2D eigenvalue weighted by atomic mass is 9.95. The summed E-state index contributed by atoms with van der Waals surface area (Å²) in [4.78, 5) is 24.6. The first-order valence-electron chi connectivity index (χ1n) is 9.56. The molecule has 29 heavy (non-hydrogen) atoms. The standard InChI is InChI=1S/C22H24ClNO5/c1-14(2)21(15-8-9-18-19(12-15)28-11-5-10-27-18)24-20(25)13-29-22(26)16-6-3-4-7-17(16)23/h3-4,6-9,12,14,21H,5,10-11,13H2,1-2H3,(H,24,25)/t21-/m1/s1. The van der Waals surface area contributed by atoms with E-state index in [0.29, 0.717) is 24.7 Å². The molecule has 154 valence electrons. The van der Waals surface area contributed by atoms with Crippen molar-refractivity contribution in [2.24, 2.45) is 5.92 Å². The van der Waals surface area contributed by atoms with Crippen LogP contribution >= 0.6 is 11.6 Å². The first-order valence-corrected chi connectivity index (χ1v) is 9.94. The average molecular weight is 418 g/mol. The summed E-state index contributed by atoms with van der Waals surface area (Å²) in [5, 5.41) is 3.21. The number of fused-ring (bicyclic) bond motifs is 1. The van der Waals surface area contributed by atoms with Crippen LogP contribution in [0.3, 0.4) is 0 Å². The Labute approximate surface area is 175 Å². The van der Waals surface area contributed by atoms with Crippen LogP contribution in [0.1, 0.15) is 42.2 Å². The number of ether oxygens (including phenoxy) is 3. The van der Waals surface area contributed by atoms with Gasteiger partial charge in [-0.05, 0) is 35.7 Å². The molecule has 2 aromatic rings. The lowest BCUT2D eigenvalue weighted by molar-refractivity contribution is -0.125. The van der Waals surface area contributed by atoms with Crippen LogP contribution in [0.5, 0.6) is 11.5 Å². The molecule has 0 bridgehead atoms. The highest BCUT2D eigenvalue weighted by Crippen LogP contribution is 2.34. The molecule has 0 unspecified atom stereocenters. The molecule has 0 aliphatic carbocycles. The van der Waals surface area contributed by atoms with Gasteiger partial charge in [0.2, 0.25) is 0 Å². The van der Waals surface area contributed by atoms with E-state index in [9.17, 15) is 9.59 Å². The van der Waals surface area contributed by atoms with E-state index in [1.54, 1.807) is 24.3 Å². The number of benzene rings is 2. The molecule has 1 amide bonds. The maximum absolute atomic E-state index is 12.4. The molecule has 7 heteroatoms. The predicted octanol–water partition coefficient (Wildman–Crippen LogP) is 4.17. The van der Waals surface area contributed by atoms with Gasteiger partial charge in [0.25, 0.3) is 5.91 Å². The van der Waals surface area contributed by atoms with Crippen LogP contribution in [-0.2, 0) is 9.53 Å². The zero-order valence-electron chi connectivity index (χ0n) is 16.4. The molecule has 0 radical (unpaired) electrons. The number of halogens is 1. The maximum Gasteiger partial charge on any atom is 0.340 e. The Balaban J connectivity index is 1.64. The lowest BCUT2D eigenvalue weighted by Crippen LogP contribution is -2.35. The van der Waals surface area contributed by atoms with Gasteiger partial charge in [0.15, 0.2) is 18.1 Å². The number of nitrogens with one attached hydrogen (secondary N) is 1. The van der Waals surface area contributed by atoms with Gasteiger partial charge in [0, 0.05) is 6.42 Å². The van der Waals surface area contributed by atoms with Gasteiger partial charge in [-0.2, -0.15) is 0 Å². The van der Waals surface area contributed by atoms with Gasteiger partial charge in [-0.25, -0.2) is 4.79 Å². The summed E-state index contributed by atoms with van der Waals surface area (Å²) in [7, 11) is 0. The van der Waals surface area contributed by atoms with E-state index in [2.05, 4.69) is 5.32 Å². The Bertz CT molecular complexity index is 883. The number of carbonyl (C=O) groups excluding carboxylic acids is 2. The average Bonchev–Trinajstić information content (AvgIpc) is 2.95. The normalized spacial score (nSPS) is 14.1. The summed E-state index contributed by atoms with van der Waals surface area (Å²) < 4.78 is 16.5. The highest BCUT2D eigenvalue weighted by molar-refractivity contribution is 6.33. The third-order valence-corrected chi connectivity index (χ3v) is 4.87. The van der Waals surface area contributed by atoms with Crippen LogP contribution in [0.4, 0.5) is 0 Å². The first kappa shape index (κ1) is 21.0. The smallest absolute Gasteiger partial charge is 0.340 e. The molecular formula is C22H24ClNO5. The SMILES string of the molecule is CC(C)[C@@H](NC(=O)COC(=O)c1ccccc1Cl)c1ccc2c(c1)OCCCO2. The van der Waals surface area contributed by atoms with Gasteiger partial charge in [-0.3, -0.25) is 4.79 Å². The van der Waals surface area contributed by atoms with Crippen LogP contribution in [0, 0.1) is 5.92 Å². The Morgan fingerprint density at radius 2 is 1.83 bits per heavy atom. The van der Waals surface area contributed by atoms with Gasteiger partial charge in [-0.1, -0.05) is 43.6 Å². The highest BCUT2D eigenvalue weighted by atomic mass is 35.5. The van der Waals surface area contributed by atoms with Gasteiger partial charge < -0.3 is 19.5 Å². The quantitative estimate of drug-likeness (QED) is 0.714. The highest BCUT2D eigenvalue weighted by Gasteiger charge is 2.22. The van der Waals surface area contributed by atoms with E-state index >= 15 is 0 Å². The first-order chi connectivity index (χ1) is 14.0. The molecule has 0 aromatic heterocycles. The van der Waals surface area contributed by atoms with Crippen LogP contribution < -0.4 is 14.8 Å². The molecule has 1 N–H and O–H groups in total. The van der Waals surface area contributed by atoms with Crippen molar-refractivity contribution < 1.29 is 23.8 Å². The summed E-state index contributed by atoms with van der Waals surface area (Å²) in [6.07, 6.45) is 0.825. The number of amides is 1. The molecule has 3 rings (SSSR count). The van der Waals surface area contributed by atoms with Gasteiger partial charge in [0.1, 0.15) is 0 Å². The van der Waals surface area contributed by atoms with Crippen molar-refractivity contribution in [1.29, 1.82) is 0 Å². The van der Waals surface area contributed by atoms with E-state index in [1.165, 1.54) is 0 Å². The number of hydrogen-bond acceptors (Lipinski definition) is 5. The summed E-state index contributed by atoms with van der Waals surface area (Å²) in [5.74, 6) is 0.459. The zero-order valence-corrected chi connectivity index (χ0v) is 17.2. The van der Waals surface area contributed by atoms with E-state index in [0.717, 1.165) is 12.0 Å². The summed E-state index contributed by atoms with van der Waals surface area (Å²) in [6, 6.07) is 11.9. The van der Waals surface area contributed by atoms with E-state index in [4.69, 9.17) is 25.8 Å². The molecular weight excluding hydrogens is 394 g/mol. The fourth-order valence-electron chi connectivity index (χ4n) is 3.06. The number of esters is 1. The van der Waals surface area contributed by atoms with Crippen molar-refractivity contribution >= 4 is 23.5 Å². The van der Waals surface area contributed by atoms with E-state index < -0.39 is 18.5 Å². The summed E-state index contributed by atoms with van der Waals surface area (Å²) in [6.45, 7) is 4.83. The third kappa shape index (κ3) is 5.41. The van der Waals surface area contributed by atoms with Crippen molar-refractivity contribution in [2.75, 3.05) is 19.8 Å². The van der Waals surface area contributed by atoms with Gasteiger partial charge >= 0.3 is 5.97 Å². The second kappa shape index (κ2) is 9.65. The summed E-state index contributed by atoms with van der Waals surface area (Å²) in [5.41, 5.74) is 1.13. The Hall–Kier alpha value is -2.73. The number of carbonyl (C=O) groups is 2. The predicted molar refractivity (Wildman–Crippen MR) is 110 cm³/mol. The largest absolute Gasteiger partial charge is 0.490 e. The second-order valence-corrected chi connectivity index (χ2v) is 7.51. The Kier molecular flexibility index (Phi) is 6.99. The minimum Gasteiger partial charge on any atom is -0.490 e. The lowest BCUT2D eigenvalue weighted by Gasteiger charge is -2.24. The van der Waals surface area contributed by atoms with E-state index in [-0.39, 0.29) is 22.5 Å². The topological polar surface area (TPSA) is 73.9 Å². The molecule has 1 atom stereocenters. The van der Waals surface area contributed by atoms with Crippen molar-refractivity contribution in [3.63, 3.8) is 0 Å². The monoisotopic (exact) mass is 417 g/mol. The fourth-order valence-corrected chi connectivity index (χ4v) is 3.27. The van der Waals surface area contributed by atoms with Crippen molar-refractivity contribution in [1.82, 2.24) is 5.32 Å². The minimum absolute atomic E-state index is 0.114. The molecule has 1 aliphatic rings. The maximum atomic E-state index is 12.4. The molecule has 0 saturated carbocycles. The molecule has 1 heterocycles. The molecule has 0 fully saturated rings. The van der Waals surface area contributed by atoms with Gasteiger partial charge in [0.05, 0.1) is 29.8 Å². The minimum atomic E-state index is -0.637. The van der Waals surface area contributed by atoms with E-state index in [1.807, 2.05) is 32.0 Å². The van der Waals surface area contributed by atoms with Crippen molar-refractivity contribution in [2.45, 2.75) is 26.3 Å². The van der Waals surface area contributed by atoms with Crippen LogP contribution in [0.25, 0.3) is 0 Å².